The van der Waals surface area contributed by atoms with Crippen LogP contribution in [0.25, 0.3) is 0 Å². The van der Waals surface area contributed by atoms with E-state index in [1.54, 1.807) is 0 Å². The fourth-order valence-electron chi connectivity index (χ4n) is 1.48. The number of methoxy groups -OCH3 is 1. The highest BCUT2D eigenvalue weighted by atomic mass is 16.6. The van der Waals surface area contributed by atoms with E-state index in [9.17, 15) is 14.4 Å². The molecule has 0 aliphatic heterocycles. The van der Waals surface area contributed by atoms with Gasteiger partial charge in [0.25, 0.3) is 0 Å². The summed E-state index contributed by atoms with van der Waals surface area (Å²) in [6.45, 7) is 5.97. The number of carbonyl (C=O) groups is 3. The first-order valence-corrected chi connectivity index (χ1v) is 6.84. The average molecular weight is 287 g/mol. The SMILES string of the molecule is COC(=O)C(=O)CCCCCCNC(=O)OC(C)(C)C. The highest BCUT2D eigenvalue weighted by Crippen LogP contribution is 2.07. The Labute approximate surface area is 120 Å². The number of Topliss-reactive ketones (excluding diaryl/α,β-unsaturated/α-hetero) is 1. The van der Waals surface area contributed by atoms with Crippen LogP contribution in [-0.4, -0.2) is 37.1 Å². The van der Waals surface area contributed by atoms with Crippen molar-refractivity contribution in [1.29, 1.82) is 0 Å². The van der Waals surface area contributed by atoms with Crippen LogP contribution >= 0.6 is 0 Å². The van der Waals surface area contributed by atoms with E-state index >= 15 is 0 Å². The summed E-state index contributed by atoms with van der Waals surface area (Å²) in [6, 6.07) is 0. The van der Waals surface area contributed by atoms with Crippen LogP contribution in [0.5, 0.6) is 0 Å². The van der Waals surface area contributed by atoms with E-state index in [4.69, 9.17) is 4.74 Å². The molecule has 0 saturated carbocycles. The predicted molar refractivity (Wildman–Crippen MR) is 74.3 cm³/mol. The number of hydrogen-bond acceptors (Lipinski definition) is 5. The van der Waals surface area contributed by atoms with Crippen molar-refractivity contribution in [3.8, 4) is 0 Å². The Bertz CT molecular complexity index is 333. The zero-order valence-corrected chi connectivity index (χ0v) is 12.8. The van der Waals surface area contributed by atoms with Crippen molar-refractivity contribution in [3.05, 3.63) is 0 Å². The molecule has 0 aromatic heterocycles. The molecule has 0 aliphatic carbocycles. The molecular weight excluding hydrogens is 262 g/mol. The Balaban J connectivity index is 3.48. The Morgan fingerprint density at radius 1 is 1.00 bits per heavy atom. The van der Waals surface area contributed by atoms with E-state index in [2.05, 4.69) is 10.1 Å². The largest absolute Gasteiger partial charge is 0.463 e. The van der Waals surface area contributed by atoms with Gasteiger partial charge in [-0.1, -0.05) is 12.8 Å². The van der Waals surface area contributed by atoms with Crippen molar-refractivity contribution >= 4 is 17.8 Å². The van der Waals surface area contributed by atoms with Crippen LogP contribution in [0.15, 0.2) is 0 Å². The van der Waals surface area contributed by atoms with Crippen LogP contribution in [0, 0.1) is 0 Å². The average Bonchev–Trinajstić information content (AvgIpc) is 2.34. The number of carbonyl (C=O) groups excluding carboxylic acids is 3. The molecule has 0 spiro atoms. The van der Waals surface area contributed by atoms with Gasteiger partial charge in [-0.05, 0) is 33.6 Å². The van der Waals surface area contributed by atoms with Crippen LogP contribution in [-0.2, 0) is 19.1 Å². The third-order valence-electron chi connectivity index (χ3n) is 2.41. The molecule has 6 nitrogen and oxygen atoms in total. The van der Waals surface area contributed by atoms with E-state index < -0.39 is 23.4 Å². The molecular formula is C14H25NO5. The number of rotatable bonds is 8. The van der Waals surface area contributed by atoms with E-state index in [0.717, 1.165) is 19.3 Å². The quantitative estimate of drug-likeness (QED) is 0.420. The van der Waals surface area contributed by atoms with Crippen molar-refractivity contribution in [2.75, 3.05) is 13.7 Å². The first kappa shape index (κ1) is 18.4. The number of amides is 1. The number of alkyl carbamates (subject to hydrolysis) is 1. The third-order valence-corrected chi connectivity index (χ3v) is 2.41. The zero-order chi connectivity index (χ0) is 15.6. The van der Waals surface area contributed by atoms with Gasteiger partial charge in [0.15, 0.2) is 0 Å². The van der Waals surface area contributed by atoms with Crippen molar-refractivity contribution in [2.24, 2.45) is 0 Å². The van der Waals surface area contributed by atoms with Gasteiger partial charge < -0.3 is 14.8 Å². The maximum atomic E-state index is 11.3. The second-order valence-corrected chi connectivity index (χ2v) is 5.51. The summed E-state index contributed by atoms with van der Waals surface area (Å²) in [5, 5.41) is 2.66. The molecule has 0 unspecified atom stereocenters. The summed E-state index contributed by atoms with van der Waals surface area (Å²) >= 11 is 0. The van der Waals surface area contributed by atoms with Gasteiger partial charge in [0, 0.05) is 13.0 Å². The molecule has 116 valence electrons. The van der Waals surface area contributed by atoms with E-state index in [1.807, 2.05) is 20.8 Å². The second-order valence-electron chi connectivity index (χ2n) is 5.51. The van der Waals surface area contributed by atoms with Crippen molar-refractivity contribution < 1.29 is 23.9 Å². The summed E-state index contributed by atoms with van der Waals surface area (Å²) in [6.07, 6.45) is 2.97. The zero-order valence-electron chi connectivity index (χ0n) is 12.8. The summed E-state index contributed by atoms with van der Waals surface area (Å²) in [5.41, 5.74) is -0.488. The number of nitrogens with one attached hydrogen (secondary N) is 1. The van der Waals surface area contributed by atoms with Gasteiger partial charge in [0.1, 0.15) is 5.60 Å². The highest BCUT2D eigenvalue weighted by Gasteiger charge is 2.15. The molecule has 0 atom stereocenters. The normalized spacial score (nSPS) is 10.8. The summed E-state index contributed by atoms with van der Waals surface area (Å²) in [7, 11) is 1.20. The fraction of sp³-hybridized carbons (Fsp3) is 0.786. The Morgan fingerprint density at radius 3 is 2.15 bits per heavy atom. The standard InChI is InChI=1S/C14H25NO5/c1-14(2,3)20-13(18)15-10-8-6-5-7-9-11(16)12(17)19-4/h5-10H2,1-4H3,(H,15,18). The number of hydrogen-bond donors (Lipinski definition) is 1. The third kappa shape index (κ3) is 10.3. The molecule has 0 radical (unpaired) electrons. The van der Waals surface area contributed by atoms with Crippen molar-refractivity contribution in [3.63, 3.8) is 0 Å². The molecule has 0 aromatic rings. The lowest BCUT2D eigenvalue weighted by Gasteiger charge is -2.19. The second kappa shape index (κ2) is 9.34. The first-order chi connectivity index (χ1) is 9.26. The molecule has 0 aliphatic rings. The number of ketones is 1. The first-order valence-electron chi connectivity index (χ1n) is 6.84. The van der Waals surface area contributed by atoms with Gasteiger partial charge in [-0.25, -0.2) is 9.59 Å². The number of ether oxygens (including phenoxy) is 2. The lowest BCUT2D eigenvalue weighted by atomic mass is 10.1. The van der Waals surface area contributed by atoms with Crippen LogP contribution in [0.3, 0.4) is 0 Å². The predicted octanol–water partition coefficient (Wildman–Crippen LogP) is 2.20. The van der Waals surface area contributed by atoms with Crippen LogP contribution in [0.1, 0.15) is 52.9 Å². The Hall–Kier alpha value is -1.59. The number of esters is 1. The molecule has 0 rings (SSSR count). The topological polar surface area (TPSA) is 81.7 Å². The van der Waals surface area contributed by atoms with Crippen LogP contribution in [0.2, 0.25) is 0 Å². The highest BCUT2D eigenvalue weighted by molar-refractivity contribution is 6.33. The van der Waals surface area contributed by atoms with Gasteiger partial charge in [-0.3, -0.25) is 4.79 Å². The van der Waals surface area contributed by atoms with E-state index in [0.29, 0.717) is 13.0 Å². The number of unbranched alkanes of at least 4 members (excludes halogenated alkanes) is 3. The van der Waals surface area contributed by atoms with E-state index in [-0.39, 0.29) is 6.42 Å². The molecule has 20 heavy (non-hydrogen) atoms. The smallest absolute Gasteiger partial charge is 0.407 e. The maximum Gasteiger partial charge on any atom is 0.407 e. The van der Waals surface area contributed by atoms with Crippen molar-refractivity contribution in [1.82, 2.24) is 5.32 Å². The van der Waals surface area contributed by atoms with Crippen molar-refractivity contribution in [2.45, 2.75) is 58.5 Å². The van der Waals surface area contributed by atoms with Gasteiger partial charge in [-0.15, -0.1) is 0 Å². The molecule has 0 saturated heterocycles. The minimum Gasteiger partial charge on any atom is -0.463 e. The van der Waals surface area contributed by atoms with E-state index in [1.165, 1.54) is 7.11 Å². The minimum absolute atomic E-state index is 0.214. The Morgan fingerprint density at radius 2 is 1.60 bits per heavy atom. The summed E-state index contributed by atoms with van der Waals surface area (Å²) in [4.78, 5) is 33.3. The Kier molecular flexibility index (Phi) is 8.59. The van der Waals surface area contributed by atoms with Gasteiger partial charge in [0.05, 0.1) is 7.11 Å². The maximum absolute atomic E-state index is 11.3. The molecule has 1 N–H and O–H groups in total. The lowest BCUT2D eigenvalue weighted by molar-refractivity contribution is -0.151. The van der Waals surface area contributed by atoms with Gasteiger partial charge in [0.2, 0.25) is 5.78 Å². The molecule has 1 amide bonds. The van der Waals surface area contributed by atoms with Crippen LogP contribution in [0.4, 0.5) is 4.79 Å². The van der Waals surface area contributed by atoms with Gasteiger partial charge >= 0.3 is 12.1 Å². The fourth-order valence-corrected chi connectivity index (χ4v) is 1.48. The summed E-state index contributed by atoms with van der Waals surface area (Å²) in [5.74, 6) is -1.27. The lowest BCUT2D eigenvalue weighted by Crippen LogP contribution is -2.32. The molecule has 0 heterocycles. The molecule has 0 bridgehead atoms. The molecule has 0 fully saturated rings. The molecule has 0 aromatic carbocycles. The minimum atomic E-state index is -0.781. The monoisotopic (exact) mass is 287 g/mol. The van der Waals surface area contributed by atoms with Crippen LogP contribution < -0.4 is 5.32 Å². The molecule has 6 heteroatoms. The summed E-state index contributed by atoms with van der Waals surface area (Å²) < 4.78 is 9.41. The van der Waals surface area contributed by atoms with Gasteiger partial charge in [-0.2, -0.15) is 0 Å².